The minimum Gasteiger partial charge on any atom is -0.268 e. The number of hydrogen-bond donors (Lipinski definition) is 0. The van der Waals surface area contributed by atoms with Crippen molar-refractivity contribution in [2.75, 3.05) is 4.90 Å². The molecule has 0 radical (unpaired) electrons. The van der Waals surface area contributed by atoms with E-state index in [0.29, 0.717) is 16.0 Å². The molecular weight excluding hydrogens is 373 g/mol. The highest BCUT2D eigenvalue weighted by Crippen LogP contribution is 2.41. The minimum atomic E-state index is -0.501. The van der Waals surface area contributed by atoms with E-state index in [1.165, 1.54) is 30.0 Å². The van der Waals surface area contributed by atoms with Crippen molar-refractivity contribution in [1.29, 1.82) is 0 Å². The van der Waals surface area contributed by atoms with Crippen LogP contribution in [0, 0.1) is 12.7 Å². The van der Waals surface area contributed by atoms with E-state index >= 15 is 0 Å². The van der Waals surface area contributed by atoms with Crippen molar-refractivity contribution < 1.29 is 14.0 Å². The zero-order valence-corrected chi connectivity index (χ0v) is 15.9. The van der Waals surface area contributed by atoms with Gasteiger partial charge in [-0.2, -0.15) is 0 Å². The molecule has 0 atom stereocenters. The normalized spacial score (nSPS) is 14.1. The van der Waals surface area contributed by atoms with Crippen molar-refractivity contribution in [3.05, 3.63) is 101 Å². The average molecular weight is 389 g/mol. The van der Waals surface area contributed by atoms with Gasteiger partial charge in [0, 0.05) is 4.90 Å². The standard InChI is InChI=1S/C23H16FNO2S/c1-15-10-12-16(13-11-15)20-21(28-19-8-3-2-4-9-19)23(27)25(22(20)26)18-7-5-6-17(24)14-18/h2-14H,1H3. The van der Waals surface area contributed by atoms with Crippen LogP contribution in [0.4, 0.5) is 10.1 Å². The van der Waals surface area contributed by atoms with Gasteiger partial charge in [-0.05, 0) is 42.8 Å². The second-order valence-corrected chi connectivity index (χ2v) is 7.49. The van der Waals surface area contributed by atoms with E-state index in [4.69, 9.17) is 0 Å². The summed E-state index contributed by atoms with van der Waals surface area (Å²) in [6, 6.07) is 22.4. The Balaban J connectivity index is 1.83. The number of benzene rings is 3. The molecule has 0 aromatic heterocycles. The van der Waals surface area contributed by atoms with Crippen LogP contribution >= 0.6 is 11.8 Å². The molecule has 0 saturated carbocycles. The number of rotatable bonds is 4. The molecule has 4 rings (SSSR count). The average Bonchev–Trinajstić information content (AvgIpc) is 2.93. The largest absolute Gasteiger partial charge is 0.272 e. The highest BCUT2D eigenvalue weighted by molar-refractivity contribution is 8.04. The molecule has 28 heavy (non-hydrogen) atoms. The predicted octanol–water partition coefficient (Wildman–Crippen LogP) is 5.21. The molecule has 3 aromatic carbocycles. The van der Waals surface area contributed by atoms with Gasteiger partial charge in [0.15, 0.2) is 0 Å². The number of carbonyl (C=O) groups is 2. The van der Waals surface area contributed by atoms with Gasteiger partial charge in [-0.3, -0.25) is 9.59 Å². The molecule has 1 heterocycles. The summed E-state index contributed by atoms with van der Waals surface area (Å²) in [6.45, 7) is 1.96. The molecule has 0 fully saturated rings. The van der Waals surface area contributed by atoms with E-state index in [2.05, 4.69) is 0 Å². The van der Waals surface area contributed by atoms with Gasteiger partial charge >= 0.3 is 0 Å². The molecule has 138 valence electrons. The summed E-state index contributed by atoms with van der Waals surface area (Å²) >= 11 is 1.25. The Morgan fingerprint density at radius 2 is 1.54 bits per heavy atom. The zero-order chi connectivity index (χ0) is 19.7. The number of hydrogen-bond acceptors (Lipinski definition) is 3. The molecule has 3 nitrogen and oxygen atoms in total. The molecule has 0 bridgehead atoms. The number of aryl methyl sites for hydroxylation is 1. The molecule has 0 N–H and O–H groups in total. The van der Waals surface area contributed by atoms with E-state index in [-0.39, 0.29) is 5.69 Å². The Kier molecular flexibility index (Phi) is 4.84. The van der Waals surface area contributed by atoms with Crippen LogP contribution in [0.1, 0.15) is 11.1 Å². The molecule has 0 saturated heterocycles. The molecule has 5 heteroatoms. The highest BCUT2D eigenvalue weighted by atomic mass is 32.2. The molecule has 2 amide bonds. The summed E-state index contributed by atoms with van der Waals surface area (Å²) in [4.78, 5) is 28.6. The van der Waals surface area contributed by atoms with Crippen LogP contribution in [-0.2, 0) is 9.59 Å². The molecule has 0 unspecified atom stereocenters. The first-order valence-electron chi connectivity index (χ1n) is 8.73. The third kappa shape index (κ3) is 3.37. The summed E-state index contributed by atoms with van der Waals surface area (Å²) in [5.74, 6) is -1.39. The summed E-state index contributed by atoms with van der Waals surface area (Å²) in [5.41, 5.74) is 2.29. The Hall–Kier alpha value is -3.18. The van der Waals surface area contributed by atoms with E-state index in [9.17, 15) is 14.0 Å². The van der Waals surface area contributed by atoms with Crippen LogP contribution in [0.3, 0.4) is 0 Å². The summed E-state index contributed by atoms with van der Waals surface area (Å²) in [6.07, 6.45) is 0. The third-order valence-electron chi connectivity index (χ3n) is 4.41. The lowest BCUT2D eigenvalue weighted by Gasteiger charge is -2.15. The van der Waals surface area contributed by atoms with E-state index in [1.807, 2.05) is 61.5 Å². The minimum absolute atomic E-state index is 0.225. The van der Waals surface area contributed by atoms with Gasteiger partial charge in [-0.1, -0.05) is 65.9 Å². The van der Waals surface area contributed by atoms with E-state index in [1.54, 1.807) is 6.07 Å². The van der Waals surface area contributed by atoms with Gasteiger partial charge in [-0.25, -0.2) is 9.29 Å². The fourth-order valence-corrected chi connectivity index (χ4v) is 4.05. The maximum absolute atomic E-state index is 13.7. The molecule has 0 spiro atoms. The molecule has 0 aliphatic carbocycles. The fourth-order valence-electron chi connectivity index (χ4n) is 3.04. The maximum Gasteiger partial charge on any atom is 0.272 e. The van der Waals surface area contributed by atoms with Crippen LogP contribution in [0.5, 0.6) is 0 Å². The van der Waals surface area contributed by atoms with E-state index < -0.39 is 17.6 Å². The van der Waals surface area contributed by atoms with Crippen molar-refractivity contribution in [2.45, 2.75) is 11.8 Å². The van der Waals surface area contributed by atoms with Crippen molar-refractivity contribution >= 4 is 34.8 Å². The molecule has 1 aliphatic rings. The second-order valence-electron chi connectivity index (χ2n) is 6.41. The quantitative estimate of drug-likeness (QED) is 0.575. The van der Waals surface area contributed by atoms with Crippen molar-refractivity contribution in [1.82, 2.24) is 0 Å². The lowest BCUT2D eigenvalue weighted by molar-refractivity contribution is -0.119. The summed E-state index contributed by atoms with van der Waals surface area (Å²) < 4.78 is 13.7. The number of nitrogens with zero attached hydrogens (tertiary/aromatic N) is 1. The van der Waals surface area contributed by atoms with Gasteiger partial charge in [-0.15, -0.1) is 0 Å². The van der Waals surface area contributed by atoms with E-state index in [0.717, 1.165) is 15.4 Å². The Morgan fingerprint density at radius 1 is 0.821 bits per heavy atom. The first-order valence-corrected chi connectivity index (χ1v) is 9.55. The monoisotopic (exact) mass is 389 g/mol. The van der Waals surface area contributed by atoms with Crippen LogP contribution in [-0.4, -0.2) is 11.8 Å². The van der Waals surface area contributed by atoms with Crippen LogP contribution < -0.4 is 4.90 Å². The van der Waals surface area contributed by atoms with Crippen molar-refractivity contribution in [2.24, 2.45) is 0 Å². The Labute approximate surface area is 166 Å². The maximum atomic E-state index is 13.7. The second kappa shape index (κ2) is 7.44. The van der Waals surface area contributed by atoms with Crippen LogP contribution in [0.25, 0.3) is 5.57 Å². The predicted molar refractivity (Wildman–Crippen MR) is 109 cm³/mol. The zero-order valence-electron chi connectivity index (χ0n) is 15.1. The first-order chi connectivity index (χ1) is 13.5. The van der Waals surface area contributed by atoms with Gasteiger partial charge in [0.25, 0.3) is 11.8 Å². The SMILES string of the molecule is Cc1ccc(C2=C(Sc3ccccc3)C(=O)N(c3cccc(F)c3)C2=O)cc1. The van der Waals surface area contributed by atoms with Crippen LogP contribution in [0.2, 0.25) is 0 Å². The van der Waals surface area contributed by atoms with Crippen molar-refractivity contribution in [3.63, 3.8) is 0 Å². The van der Waals surface area contributed by atoms with Gasteiger partial charge in [0.2, 0.25) is 0 Å². The fraction of sp³-hybridized carbons (Fsp3) is 0.0435. The van der Waals surface area contributed by atoms with Gasteiger partial charge < -0.3 is 0 Å². The topological polar surface area (TPSA) is 37.4 Å². The summed E-state index contributed by atoms with van der Waals surface area (Å²) in [7, 11) is 0. The highest BCUT2D eigenvalue weighted by Gasteiger charge is 2.40. The number of anilines is 1. The van der Waals surface area contributed by atoms with Gasteiger partial charge in [0.1, 0.15) is 5.82 Å². The Morgan fingerprint density at radius 3 is 2.21 bits per heavy atom. The lowest BCUT2D eigenvalue weighted by Crippen LogP contribution is -2.31. The lowest BCUT2D eigenvalue weighted by atomic mass is 10.0. The van der Waals surface area contributed by atoms with Crippen molar-refractivity contribution in [3.8, 4) is 0 Å². The van der Waals surface area contributed by atoms with Gasteiger partial charge in [0.05, 0.1) is 16.2 Å². The number of carbonyl (C=O) groups excluding carboxylic acids is 2. The number of amides is 2. The smallest absolute Gasteiger partial charge is 0.268 e. The molecular formula is C23H16FNO2S. The summed E-state index contributed by atoms with van der Waals surface area (Å²) in [5, 5.41) is 0. The number of halogens is 1. The van der Waals surface area contributed by atoms with Crippen LogP contribution in [0.15, 0.2) is 88.7 Å². The Bertz CT molecular complexity index is 1090. The number of thioether (sulfide) groups is 1. The third-order valence-corrected chi connectivity index (χ3v) is 5.50. The first kappa shape index (κ1) is 18.2. The number of imide groups is 1. The molecule has 3 aromatic rings. The molecule has 1 aliphatic heterocycles.